The zero-order valence-electron chi connectivity index (χ0n) is 6.46. The lowest BCUT2D eigenvalue weighted by atomic mass is 10.1. The predicted molar refractivity (Wildman–Crippen MR) is 45.8 cm³/mol. The second-order valence-corrected chi connectivity index (χ2v) is 2.43. The molecule has 0 unspecified atom stereocenters. The highest BCUT2D eigenvalue weighted by Gasteiger charge is 2.09. The van der Waals surface area contributed by atoms with Gasteiger partial charge in [0.05, 0.1) is 5.70 Å². The monoisotopic (exact) mass is 146 g/mol. The van der Waals surface area contributed by atoms with Crippen LogP contribution in [0.1, 0.15) is 6.92 Å². The molecule has 0 atom stereocenters. The van der Waals surface area contributed by atoms with Gasteiger partial charge in [0.15, 0.2) is 0 Å². The molecule has 11 heavy (non-hydrogen) atoms. The third-order valence-electron chi connectivity index (χ3n) is 1.49. The number of hydrogen-bond donors (Lipinski definition) is 1. The standard InChI is InChI=1S/C9H10N2/c1-4-9-5-7(2)6-11(10)8(9)3/h1,5-6H,3,10H2,2H3. The van der Waals surface area contributed by atoms with Gasteiger partial charge in [-0.3, -0.25) is 5.01 Å². The number of hydrazine groups is 1. The molecule has 0 saturated heterocycles. The van der Waals surface area contributed by atoms with Gasteiger partial charge in [0, 0.05) is 11.8 Å². The third kappa shape index (κ3) is 1.34. The molecule has 1 heterocycles. The van der Waals surface area contributed by atoms with Crippen LogP contribution in [0.25, 0.3) is 0 Å². The Morgan fingerprint density at radius 3 is 2.91 bits per heavy atom. The van der Waals surface area contributed by atoms with Crippen molar-refractivity contribution in [3.63, 3.8) is 0 Å². The normalized spacial score (nSPS) is 17.2. The second-order valence-electron chi connectivity index (χ2n) is 2.43. The quantitative estimate of drug-likeness (QED) is 0.410. The molecule has 0 amide bonds. The van der Waals surface area contributed by atoms with Gasteiger partial charge < -0.3 is 0 Å². The van der Waals surface area contributed by atoms with E-state index in [1.165, 1.54) is 5.01 Å². The first-order valence-electron chi connectivity index (χ1n) is 3.25. The Bertz CT molecular complexity index is 289. The van der Waals surface area contributed by atoms with E-state index in [9.17, 15) is 0 Å². The molecule has 0 saturated carbocycles. The molecule has 2 nitrogen and oxygen atoms in total. The SMILES string of the molecule is C#CC1=CC(C)=CN(N)C1=C. The van der Waals surface area contributed by atoms with Gasteiger partial charge in [-0.1, -0.05) is 12.5 Å². The molecule has 0 radical (unpaired) electrons. The number of nitrogens with two attached hydrogens (primary N) is 1. The largest absolute Gasteiger partial charge is 0.286 e. The van der Waals surface area contributed by atoms with E-state index in [4.69, 9.17) is 12.3 Å². The molecular formula is C9H10N2. The lowest BCUT2D eigenvalue weighted by molar-refractivity contribution is 0.498. The fourth-order valence-corrected chi connectivity index (χ4v) is 0.910. The molecule has 2 heteroatoms. The summed E-state index contributed by atoms with van der Waals surface area (Å²) in [4.78, 5) is 0. The summed E-state index contributed by atoms with van der Waals surface area (Å²) >= 11 is 0. The molecular weight excluding hydrogens is 136 g/mol. The summed E-state index contributed by atoms with van der Waals surface area (Å²) in [5.41, 5.74) is 2.44. The van der Waals surface area contributed by atoms with Crippen LogP contribution in [-0.4, -0.2) is 5.01 Å². The van der Waals surface area contributed by atoms with Crippen LogP contribution in [0.5, 0.6) is 0 Å². The predicted octanol–water partition coefficient (Wildman–Crippen LogP) is 1.15. The zero-order valence-corrected chi connectivity index (χ0v) is 6.46. The van der Waals surface area contributed by atoms with Crippen molar-refractivity contribution in [1.29, 1.82) is 0 Å². The average molecular weight is 146 g/mol. The first-order valence-corrected chi connectivity index (χ1v) is 3.25. The van der Waals surface area contributed by atoms with Crippen molar-refractivity contribution in [2.45, 2.75) is 6.92 Å². The summed E-state index contributed by atoms with van der Waals surface area (Å²) < 4.78 is 0. The van der Waals surface area contributed by atoms with Gasteiger partial charge in [-0.05, 0) is 18.6 Å². The molecule has 0 fully saturated rings. The first kappa shape index (κ1) is 7.64. The summed E-state index contributed by atoms with van der Waals surface area (Å²) in [7, 11) is 0. The van der Waals surface area contributed by atoms with Gasteiger partial charge in [0.2, 0.25) is 0 Å². The fraction of sp³-hybridized carbons (Fsp3) is 0.111. The Labute approximate surface area is 66.7 Å². The van der Waals surface area contributed by atoms with E-state index in [0.29, 0.717) is 5.70 Å². The van der Waals surface area contributed by atoms with Crippen LogP contribution < -0.4 is 5.84 Å². The molecule has 0 bridgehead atoms. The van der Waals surface area contributed by atoms with Crippen molar-refractivity contribution >= 4 is 0 Å². The van der Waals surface area contributed by atoms with Crippen molar-refractivity contribution in [3.8, 4) is 12.3 Å². The van der Waals surface area contributed by atoms with E-state index in [1.54, 1.807) is 6.20 Å². The number of rotatable bonds is 0. The highest BCUT2D eigenvalue weighted by atomic mass is 15.4. The average Bonchev–Trinajstić information content (AvgIpc) is 1.96. The maximum atomic E-state index is 5.56. The van der Waals surface area contributed by atoms with Crippen LogP contribution in [0.15, 0.2) is 35.7 Å². The van der Waals surface area contributed by atoms with E-state index in [2.05, 4.69) is 12.5 Å². The van der Waals surface area contributed by atoms with Crippen molar-refractivity contribution in [3.05, 3.63) is 35.7 Å². The molecule has 1 aliphatic rings. The van der Waals surface area contributed by atoms with Gasteiger partial charge in [-0.15, -0.1) is 6.42 Å². The molecule has 0 spiro atoms. The van der Waals surface area contributed by atoms with Gasteiger partial charge in [-0.25, -0.2) is 5.84 Å². The van der Waals surface area contributed by atoms with Crippen LogP contribution in [-0.2, 0) is 0 Å². The van der Waals surface area contributed by atoms with Crippen molar-refractivity contribution in [1.82, 2.24) is 5.01 Å². The molecule has 1 rings (SSSR count). The van der Waals surface area contributed by atoms with Gasteiger partial charge in [0.1, 0.15) is 0 Å². The van der Waals surface area contributed by atoms with Gasteiger partial charge in [-0.2, -0.15) is 0 Å². The van der Waals surface area contributed by atoms with Crippen molar-refractivity contribution in [2.24, 2.45) is 5.84 Å². The number of nitrogens with zero attached hydrogens (tertiary/aromatic N) is 1. The Morgan fingerprint density at radius 1 is 1.73 bits per heavy atom. The van der Waals surface area contributed by atoms with E-state index >= 15 is 0 Å². The van der Waals surface area contributed by atoms with Crippen LogP contribution in [0.4, 0.5) is 0 Å². The lowest BCUT2D eigenvalue weighted by Gasteiger charge is -2.21. The number of hydrogen-bond acceptors (Lipinski definition) is 2. The Hall–Kier alpha value is -1.46. The maximum Gasteiger partial charge on any atom is 0.0653 e. The molecule has 2 N–H and O–H groups in total. The van der Waals surface area contributed by atoms with E-state index < -0.39 is 0 Å². The Balaban J connectivity index is 3.05. The molecule has 1 aliphatic heterocycles. The highest BCUT2D eigenvalue weighted by Crippen LogP contribution is 2.18. The smallest absolute Gasteiger partial charge is 0.0653 e. The molecule has 0 aliphatic carbocycles. The highest BCUT2D eigenvalue weighted by molar-refractivity contribution is 5.49. The van der Waals surface area contributed by atoms with Gasteiger partial charge >= 0.3 is 0 Å². The topological polar surface area (TPSA) is 29.3 Å². The summed E-state index contributed by atoms with van der Waals surface area (Å²) in [6.45, 7) is 5.66. The van der Waals surface area contributed by atoms with Crippen molar-refractivity contribution in [2.75, 3.05) is 0 Å². The van der Waals surface area contributed by atoms with Crippen LogP contribution in [0.3, 0.4) is 0 Å². The summed E-state index contributed by atoms with van der Waals surface area (Å²) in [5.74, 6) is 8.07. The summed E-state index contributed by atoms with van der Waals surface area (Å²) in [6, 6.07) is 0. The lowest BCUT2D eigenvalue weighted by Crippen LogP contribution is -2.26. The second kappa shape index (κ2) is 2.65. The molecule has 0 aromatic carbocycles. The number of allylic oxidation sites excluding steroid dienone is 3. The molecule has 0 aromatic rings. The van der Waals surface area contributed by atoms with Crippen molar-refractivity contribution < 1.29 is 0 Å². The third-order valence-corrected chi connectivity index (χ3v) is 1.49. The minimum atomic E-state index is 0.665. The molecule has 56 valence electrons. The van der Waals surface area contributed by atoms with Crippen LogP contribution in [0, 0.1) is 12.3 Å². The number of terminal acetylenes is 1. The van der Waals surface area contributed by atoms with E-state index in [1.807, 2.05) is 13.0 Å². The summed E-state index contributed by atoms with van der Waals surface area (Å²) in [5, 5.41) is 1.44. The van der Waals surface area contributed by atoms with E-state index in [-0.39, 0.29) is 0 Å². The van der Waals surface area contributed by atoms with Gasteiger partial charge in [0.25, 0.3) is 0 Å². The Kier molecular flexibility index (Phi) is 1.84. The van der Waals surface area contributed by atoms with Crippen LogP contribution >= 0.6 is 0 Å². The maximum absolute atomic E-state index is 5.56. The first-order chi connectivity index (χ1) is 5.15. The fourth-order valence-electron chi connectivity index (χ4n) is 0.910. The molecule has 0 aromatic heterocycles. The minimum Gasteiger partial charge on any atom is -0.286 e. The van der Waals surface area contributed by atoms with E-state index in [0.717, 1.165) is 11.1 Å². The minimum absolute atomic E-state index is 0.665. The Morgan fingerprint density at radius 2 is 2.36 bits per heavy atom. The zero-order chi connectivity index (χ0) is 8.43. The summed E-state index contributed by atoms with van der Waals surface area (Å²) in [6.07, 6.45) is 8.89. The van der Waals surface area contributed by atoms with Crippen LogP contribution in [0.2, 0.25) is 0 Å².